The van der Waals surface area contributed by atoms with Gasteiger partial charge in [0.2, 0.25) is 0 Å². The van der Waals surface area contributed by atoms with Gasteiger partial charge in [-0.2, -0.15) is 0 Å². The maximum atomic E-state index is 10.5. The van der Waals surface area contributed by atoms with Crippen molar-refractivity contribution in [3.8, 4) is 0 Å². The Morgan fingerprint density at radius 3 is 2.80 bits per heavy atom. The van der Waals surface area contributed by atoms with Crippen LogP contribution in [0.4, 0.5) is 11.4 Å². The van der Waals surface area contributed by atoms with Crippen molar-refractivity contribution in [3.05, 3.63) is 28.1 Å². The largest absolute Gasteiger partial charge is 0.393 e. The Morgan fingerprint density at radius 2 is 2.27 bits per heavy atom. The standard InChI is InChI=1S/C10H15N3O2/c1-2-3-4-5-8-6-9(11)10(7-12-8)13(14)15/h6-7H,2-5H2,1H3,(H2,11,12). The van der Waals surface area contributed by atoms with Gasteiger partial charge in [-0.1, -0.05) is 19.8 Å². The highest BCUT2D eigenvalue weighted by molar-refractivity contribution is 5.56. The third kappa shape index (κ3) is 3.19. The zero-order valence-corrected chi connectivity index (χ0v) is 8.77. The lowest BCUT2D eigenvalue weighted by Crippen LogP contribution is -1.99. The molecule has 0 aliphatic rings. The summed E-state index contributed by atoms with van der Waals surface area (Å²) in [6, 6.07) is 1.59. The van der Waals surface area contributed by atoms with Crippen molar-refractivity contribution in [1.82, 2.24) is 4.98 Å². The molecule has 0 amide bonds. The summed E-state index contributed by atoms with van der Waals surface area (Å²) in [7, 11) is 0. The highest BCUT2D eigenvalue weighted by Crippen LogP contribution is 2.20. The van der Waals surface area contributed by atoms with Gasteiger partial charge >= 0.3 is 5.69 Å². The quantitative estimate of drug-likeness (QED) is 0.458. The van der Waals surface area contributed by atoms with Crippen molar-refractivity contribution in [2.45, 2.75) is 32.6 Å². The van der Waals surface area contributed by atoms with Crippen LogP contribution >= 0.6 is 0 Å². The fourth-order valence-electron chi connectivity index (χ4n) is 1.35. The van der Waals surface area contributed by atoms with Crippen molar-refractivity contribution in [2.24, 2.45) is 0 Å². The molecule has 15 heavy (non-hydrogen) atoms. The van der Waals surface area contributed by atoms with Crippen LogP contribution in [-0.4, -0.2) is 9.91 Å². The molecular formula is C10H15N3O2. The van der Waals surface area contributed by atoms with Gasteiger partial charge in [0.15, 0.2) is 0 Å². The Bertz CT molecular complexity index is 353. The van der Waals surface area contributed by atoms with E-state index in [9.17, 15) is 10.1 Å². The molecule has 0 bridgehead atoms. The first kappa shape index (κ1) is 11.4. The molecule has 1 heterocycles. The summed E-state index contributed by atoms with van der Waals surface area (Å²) in [4.78, 5) is 14.0. The second-order valence-electron chi connectivity index (χ2n) is 3.45. The predicted molar refractivity (Wildman–Crippen MR) is 58.5 cm³/mol. The molecule has 82 valence electrons. The molecule has 0 unspecified atom stereocenters. The summed E-state index contributed by atoms with van der Waals surface area (Å²) in [5, 5.41) is 10.5. The van der Waals surface area contributed by atoms with E-state index in [1.54, 1.807) is 6.07 Å². The lowest BCUT2D eigenvalue weighted by molar-refractivity contribution is -0.384. The molecule has 1 aromatic rings. The van der Waals surface area contributed by atoms with E-state index in [1.807, 2.05) is 0 Å². The molecule has 5 nitrogen and oxygen atoms in total. The molecule has 5 heteroatoms. The van der Waals surface area contributed by atoms with Crippen molar-refractivity contribution in [3.63, 3.8) is 0 Å². The van der Waals surface area contributed by atoms with Crippen LogP contribution in [0, 0.1) is 10.1 Å². The van der Waals surface area contributed by atoms with E-state index in [2.05, 4.69) is 11.9 Å². The molecule has 0 fully saturated rings. The lowest BCUT2D eigenvalue weighted by atomic mass is 10.1. The minimum absolute atomic E-state index is 0.116. The molecular weight excluding hydrogens is 194 g/mol. The summed E-state index contributed by atoms with van der Waals surface area (Å²) >= 11 is 0. The number of unbranched alkanes of at least 4 members (excludes halogenated alkanes) is 2. The minimum atomic E-state index is -0.516. The number of nitro groups is 1. The number of hydrogen-bond acceptors (Lipinski definition) is 4. The molecule has 0 saturated heterocycles. The average Bonchev–Trinajstić information content (AvgIpc) is 2.17. The third-order valence-electron chi connectivity index (χ3n) is 2.20. The summed E-state index contributed by atoms with van der Waals surface area (Å²) in [6.07, 6.45) is 5.38. The molecule has 0 atom stereocenters. The van der Waals surface area contributed by atoms with E-state index in [0.29, 0.717) is 0 Å². The second kappa shape index (κ2) is 5.29. The van der Waals surface area contributed by atoms with E-state index in [0.717, 1.165) is 31.4 Å². The maximum Gasteiger partial charge on any atom is 0.310 e. The third-order valence-corrected chi connectivity index (χ3v) is 2.20. The second-order valence-corrected chi connectivity index (χ2v) is 3.45. The maximum absolute atomic E-state index is 10.5. The van der Waals surface area contributed by atoms with Crippen LogP contribution in [0.25, 0.3) is 0 Å². The van der Waals surface area contributed by atoms with Crippen LogP contribution in [0.15, 0.2) is 12.3 Å². The summed E-state index contributed by atoms with van der Waals surface area (Å²) in [5.41, 5.74) is 6.45. The molecule has 0 spiro atoms. The monoisotopic (exact) mass is 209 g/mol. The number of hydrogen-bond donors (Lipinski definition) is 1. The van der Waals surface area contributed by atoms with Gasteiger partial charge in [-0.25, -0.2) is 0 Å². The van der Waals surface area contributed by atoms with E-state index in [1.165, 1.54) is 6.20 Å². The number of aromatic nitrogens is 1. The van der Waals surface area contributed by atoms with Crippen molar-refractivity contribution < 1.29 is 4.92 Å². The van der Waals surface area contributed by atoms with E-state index in [4.69, 9.17) is 5.73 Å². The van der Waals surface area contributed by atoms with Crippen LogP contribution in [0.3, 0.4) is 0 Å². The van der Waals surface area contributed by atoms with Gasteiger partial charge in [0.05, 0.1) is 4.92 Å². The first-order valence-electron chi connectivity index (χ1n) is 5.04. The first-order valence-corrected chi connectivity index (χ1v) is 5.04. The van der Waals surface area contributed by atoms with E-state index >= 15 is 0 Å². The number of nitrogen functional groups attached to an aromatic ring is 1. The predicted octanol–water partition coefficient (Wildman–Crippen LogP) is 2.30. The Balaban J connectivity index is 2.69. The smallest absolute Gasteiger partial charge is 0.310 e. The van der Waals surface area contributed by atoms with Gasteiger partial charge in [-0.3, -0.25) is 15.1 Å². The lowest BCUT2D eigenvalue weighted by Gasteiger charge is -2.01. The molecule has 1 rings (SSSR count). The van der Waals surface area contributed by atoms with Crippen LogP contribution in [0.2, 0.25) is 0 Å². The SMILES string of the molecule is CCCCCc1cc(N)c([N+](=O)[O-])cn1. The minimum Gasteiger partial charge on any atom is -0.393 e. The highest BCUT2D eigenvalue weighted by atomic mass is 16.6. The number of nitrogens with zero attached hydrogens (tertiary/aromatic N) is 2. The Morgan fingerprint density at radius 1 is 1.53 bits per heavy atom. The normalized spacial score (nSPS) is 10.2. The molecule has 0 saturated carbocycles. The van der Waals surface area contributed by atoms with Gasteiger partial charge in [0, 0.05) is 5.69 Å². The number of anilines is 1. The van der Waals surface area contributed by atoms with Crippen LogP contribution < -0.4 is 5.73 Å². The van der Waals surface area contributed by atoms with Crippen LogP contribution in [0.5, 0.6) is 0 Å². The fourth-order valence-corrected chi connectivity index (χ4v) is 1.35. The number of aryl methyl sites for hydroxylation is 1. The molecule has 0 radical (unpaired) electrons. The summed E-state index contributed by atoms with van der Waals surface area (Å²) in [5.74, 6) is 0. The molecule has 0 aromatic carbocycles. The van der Waals surface area contributed by atoms with Gasteiger partial charge in [-0.15, -0.1) is 0 Å². The van der Waals surface area contributed by atoms with Gasteiger partial charge in [-0.05, 0) is 18.9 Å². The number of nitrogens with two attached hydrogens (primary N) is 1. The van der Waals surface area contributed by atoms with E-state index in [-0.39, 0.29) is 11.4 Å². The van der Waals surface area contributed by atoms with Gasteiger partial charge in [0.1, 0.15) is 11.9 Å². The Hall–Kier alpha value is -1.65. The average molecular weight is 209 g/mol. The molecule has 0 aliphatic heterocycles. The fraction of sp³-hybridized carbons (Fsp3) is 0.500. The summed E-state index contributed by atoms with van der Waals surface area (Å²) < 4.78 is 0. The van der Waals surface area contributed by atoms with Gasteiger partial charge in [0.25, 0.3) is 0 Å². The van der Waals surface area contributed by atoms with Crippen LogP contribution in [-0.2, 0) is 6.42 Å². The number of pyridine rings is 1. The zero-order chi connectivity index (χ0) is 11.3. The van der Waals surface area contributed by atoms with Crippen molar-refractivity contribution in [2.75, 3.05) is 5.73 Å². The molecule has 2 N–H and O–H groups in total. The first-order chi connectivity index (χ1) is 7.15. The Kier molecular flexibility index (Phi) is 4.03. The Labute approximate surface area is 88.5 Å². The number of rotatable bonds is 5. The van der Waals surface area contributed by atoms with Gasteiger partial charge < -0.3 is 5.73 Å². The van der Waals surface area contributed by atoms with Crippen LogP contribution in [0.1, 0.15) is 31.9 Å². The zero-order valence-electron chi connectivity index (χ0n) is 8.77. The molecule has 1 aromatic heterocycles. The van der Waals surface area contributed by atoms with Crippen molar-refractivity contribution >= 4 is 11.4 Å². The topological polar surface area (TPSA) is 82.0 Å². The van der Waals surface area contributed by atoms with E-state index < -0.39 is 4.92 Å². The van der Waals surface area contributed by atoms with Crippen molar-refractivity contribution in [1.29, 1.82) is 0 Å². The highest BCUT2D eigenvalue weighted by Gasteiger charge is 2.11. The summed E-state index contributed by atoms with van der Waals surface area (Å²) in [6.45, 7) is 2.12. The molecule has 0 aliphatic carbocycles.